The number of carbonyl (C=O) groups excluding carboxylic acids is 1. The number of benzene rings is 3. The Balaban J connectivity index is 1.53. The van der Waals surface area contributed by atoms with Crippen molar-refractivity contribution in [3.63, 3.8) is 0 Å². The summed E-state index contributed by atoms with van der Waals surface area (Å²) in [5.74, 6) is -0.0245. The Kier molecular flexibility index (Phi) is 4.92. The van der Waals surface area contributed by atoms with Gasteiger partial charge in [0.25, 0.3) is 10.0 Å². The number of sulfonamides is 1. The topological polar surface area (TPSA) is 97.2 Å². The van der Waals surface area contributed by atoms with Crippen LogP contribution in [0.5, 0.6) is 5.75 Å². The SMILES string of the molecule is O=C(Oc1ccccc1C=NNC1=NS(=O)(=O)c2ccccc21)c1ccccc1. The lowest BCUT2D eigenvalue weighted by molar-refractivity contribution is 0.0734. The van der Waals surface area contributed by atoms with Crippen molar-refractivity contribution in [2.45, 2.75) is 4.90 Å². The maximum absolute atomic E-state index is 12.3. The monoisotopic (exact) mass is 405 g/mol. The number of rotatable bonds is 4. The Bertz CT molecular complexity index is 1240. The Labute approximate surface area is 167 Å². The molecule has 1 aliphatic rings. The molecule has 0 saturated heterocycles. The minimum Gasteiger partial charge on any atom is -0.422 e. The molecule has 0 amide bonds. The quantitative estimate of drug-likeness (QED) is 0.311. The molecule has 1 heterocycles. The minimum absolute atomic E-state index is 0.134. The highest BCUT2D eigenvalue weighted by atomic mass is 32.2. The van der Waals surface area contributed by atoms with E-state index in [0.29, 0.717) is 22.4 Å². The van der Waals surface area contributed by atoms with Crippen LogP contribution in [0, 0.1) is 0 Å². The van der Waals surface area contributed by atoms with E-state index in [1.54, 1.807) is 66.7 Å². The van der Waals surface area contributed by atoms with Crippen LogP contribution in [-0.2, 0) is 10.0 Å². The number of nitrogens with zero attached hydrogens (tertiary/aromatic N) is 2. The van der Waals surface area contributed by atoms with E-state index in [4.69, 9.17) is 4.74 Å². The van der Waals surface area contributed by atoms with Gasteiger partial charge in [-0.2, -0.15) is 13.5 Å². The largest absolute Gasteiger partial charge is 0.422 e. The van der Waals surface area contributed by atoms with Crippen LogP contribution >= 0.6 is 0 Å². The number of hydrazone groups is 1. The zero-order valence-corrected chi connectivity index (χ0v) is 15.8. The minimum atomic E-state index is -3.72. The average molecular weight is 405 g/mol. The first-order valence-corrected chi connectivity index (χ1v) is 10.1. The summed E-state index contributed by atoms with van der Waals surface area (Å²) in [7, 11) is -3.72. The van der Waals surface area contributed by atoms with Gasteiger partial charge in [0.05, 0.1) is 11.8 Å². The number of ether oxygens (including phenoxy) is 1. The lowest BCUT2D eigenvalue weighted by atomic mass is 10.2. The van der Waals surface area contributed by atoms with Crippen molar-refractivity contribution in [1.82, 2.24) is 5.43 Å². The standard InChI is InChI=1S/C21H15N3O4S/c25-21(15-8-2-1-3-9-15)28-18-12-6-4-10-16(18)14-22-23-20-17-11-5-7-13-19(17)29(26,27)24-20/h1-14H,(H,23,24). The van der Waals surface area contributed by atoms with Gasteiger partial charge in [-0.25, -0.2) is 4.79 Å². The Hall–Kier alpha value is -3.78. The molecule has 4 rings (SSSR count). The first kappa shape index (κ1) is 18.6. The summed E-state index contributed by atoms with van der Waals surface area (Å²) in [6, 6.07) is 22.0. The van der Waals surface area contributed by atoms with Crippen molar-refractivity contribution in [2.75, 3.05) is 0 Å². The second kappa shape index (κ2) is 7.69. The lowest BCUT2D eigenvalue weighted by Gasteiger charge is -2.07. The predicted octanol–water partition coefficient (Wildman–Crippen LogP) is 2.98. The number of fused-ring (bicyclic) bond motifs is 1. The third-order valence-corrected chi connectivity index (χ3v) is 5.47. The molecule has 0 bridgehead atoms. The molecule has 0 atom stereocenters. The molecule has 1 N–H and O–H groups in total. The number of carbonyl (C=O) groups is 1. The summed E-state index contributed by atoms with van der Waals surface area (Å²) in [6.45, 7) is 0. The summed E-state index contributed by atoms with van der Waals surface area (Å²) in [4.78, 5) is 12.4. The van der Waals surface area contributed by atoms with Gasteiger partial charge in [-0.05, 0) is 36.4 Å². The van der Waals surface area contributed by atoms with Gasteiger partial charge < -0.3 is 4.74 Å². The van der Waals surface area contributed by atoms with E-state index in [1.807, 2.05) is 6.07 Å². The van der Waals surface area contributed by atoms with E-state index >= 15 is 0 Å². The Morgan fingerprint density at radius 2 is 1.62 bits per heavy atom. The first-order valence-electron chi connectivity index (χ1n) is 8.64. The molecule has 0 saturated carbocycles. The zero-order valence-electron chi connectivity index (χ0n) is 15.0. The smallest absolute Gasteiger partial charge is 0.343 e. The molecule has 3 aromatic carbocycles. The van der Waals surface area contributed by atoms with Gasteiger partial charge >= 0.3 is 5.97 Å². The van der Waals surface area contributed by atoms with E-state index in [1.165, 1.54) is 12.3 Å². The van der Waals surface area contributed by atoms with Gasteiger partial charge in [-0.15, -0.1) is 4.40 Å². The molecule has 3 aromatic rings. The second-order valence-electron chi connectivity index (χ2n) is 6.07. The van der Waals surface area contributed by atoms with Gasteiger partial charge in [0, 0.05) is 11.1 Å². The van der Waals surface area contributed by atoms with Gasteiger partial charge in [0.1, 0.15) is 10.6 Å². The van der Waals surface area contributed by atoms with Crippen LogP contribution in [0.4, 0.5) is 0 Å². The maximum Gasteiger partial charge on any atom is 0.343 e. The van der Waals surface area contributed by atoms with Crippen LogP contribution in [-0.4, -0.2) is 26.4 Å². The zero-order chi connectivity index (χ0) is 20.3. The molecular weight excluding hydrogens is 390 g/mol. The Morgan fingerprint density at radius 3 is 2.45 bits per heavy atom. The van der Waals surface area contributed by atoms with E-state index in [2.05, 4.69) is 14.9 Å². The van der Waals surface area contributed by atoms with Gasteiger partial charge in [0.15, 0.2) is 5.84 Å². The van der Waals surface area contributed by atoms with Crippen molar-refractivity contribution >= 4 is 28.0 Å². The molecule has 7 nitrogen and oxygen atoms in total. The van der Waals surface area contributed by atoms with Crippen molar-refractivity contribution in [2.24, 2.45) is 9.50 Å². The van der Waals surface area contributed by atoms with Crippen molar-refractivity contribution in [3.05, 3.63) is 95.6 Å². The van der Waals surface area contributed by atoms with Crippen LogP contribution in [0.1, 0.15) is 21.5 Å². The number of para-hydroxylation sites is 1. The van der Waals surface area contributed by atoms with Gasteiger partial charge in [-0.1, -0.05) is 42.5 Å². The summed E-state index contributed by atoms with van der Waals surface area (Å²) in [6.07, 6.45) is 1.43. The molecule has 8 heteroatoms. The number of hydrogen-bond acceptors (Lipinski definition) is 6. The van der Waals surface area contributed by atoms with Crippen LogP contribution in [0.25, 0.3) is 0 Å². The molecule has 0 unspecified atom stereocenters. The van der Waals surface area contributed by atoms with E-state index in [9.17, 15) is 13.2 Å². The van der Waals surface area contributed by atoms with Crippen LogP contribution in [0.15, 0.2) is 93.3 Å². The maximum atomic E-state index is 12.3. The van der Waals surface area contributed by atoms with Gasteiger partial charge in [-0.3, -0.25) is 5.43 Å². The summed E-state index contributed by atoms with van der Waals surface area (Å²) >= 11 is 0. The molecule has 29 heavy (non-hydrogen) atoms. The fourth-order valence-electron chi connectivity index (χ4n) is 2.76. The number of nitrogens with one attached hydrogen (secondary N) is 1. The average Bonchev–Trinajstić information content (AvgIpc) is 3.00. The van der Waals surface area contributed by atoms with Crippen molar-refractivity contribution < 1.29 is 17.9 Å². The Morgan fingerprint density at radius 1 is 0.931 bits per heavy atom. The lowest BCUT2D eigenvalue weighted by Crippen LogP contribution is -2.17. The van der Waals surface area contributed by atoms with Crippen molar-refractivity contribution in [3.8, 4) is 5.75 Å². The van der Waals surface area contributed by atoms with Crippen LogP contribution in [0.3, 0.4) is 0 Å². The van der Waals surface area contributed by atoms with Crippen LogP contribution in [0.2, 0.25) is 0 Å². The fourth-order valence-corrected chi connectivity index (χ4v) is 3.93. The second-order valence-corrected chi connectivity index (χ2v) is 7.65. The third kappa shape index (κ3) is 3.92. The van der Waals surface area contributed by atoms with Gasteiger partial charge in [0.2, 0.25) is 0 Å². The highest BCUT2D eigenvalue weighted by Gasteiger charge is 2.28. The molecular formula is C21H15N3O4S. The molecule has 0 spiro atoms. The molecule has 1 aliphatic heterocycles. The fraction of sp³-hybridized carbons (Fsp3) is 0. The third-order valence-electron chi connectivity index (χ3n) is 4.14. The summed E-state index contributed by atoms with van der Waals surface area (Å²) in [5, 5.41) is 4.07. The van der Waals surface area contributed by atoms with E-state index in [0.717, 1.165) is 0 Å². The van der Waals surface area contributed by atoms with Crippen molar-refractivity contribution in [1.29, 1.82) is 0 Å². The molecule has 0 aromatic heterocycles. The van der Waals surface area contributed by atoms with E-state index in [-0.39, 0.29) is 10.7 Å². The summed E-state index contributed by atoms with van der Waals surface area (Å²) in [5.41, 5.74) is 4.08. The highest BCUT2D eigenvalue weighted by Crippen LogP contribution is 2.24. The molecule has 0 aliphatic carbocycles. The van der Waals surface area contributed by atoms with Crippen LogP contribution < -0.4 is 10.2 Å². The normalized spacial score (nSPS) is 14.3. The van der Waals surface area contributed by atoms with E-state index < -0.39 is 16.0 Å². The highest BCUT2D eigenvalue weighted by molar-refractivity contribution is 7.90. The number of amidine groups is 1. The predicted molar refractivity (Wildman–Crippen MR) is 109 cm³/mol. The molecule has 144 valence electrons. The first-order chi connectivity index (χ1) is 14.0. The number of hydrogen-bond donors (Lipinski definition) is 1. The molecule has 0 fully saturated rings. The summed E-state index contributed by atoms with van der Waals surface area (Å²) < 4.78 is 33.3. The number of esters is 1. The molecule has 0 radical (unpaired) electrons.